The molecule has 1 aliphatic heterocycles. The van der Waals surface area contributed by atoms with Gasteiger partial charge in [0.05, 0.1) is 12.0 Å². The Labute approximate surface area is 146 Å². The van der Waals surface area contributed by atoms with E-state index in [2.05, 4.69) is 39.2 Å². The molecule has 2 aromatic rings. The van der Waals surface area contributed by atoms with E-state index >= 15 is 0 Å². The van der Waals surface area contributed by atoms with Gasteiger partial charge in [0, 0.05) is 30.5 Å². The molecule has 126 valence electrons. The molecule has 4 rings (SSSR count). The Kier molecular flexibility index (Phi) is 4.00. The van der Waals surface area contributed by atoms with Crippen molar-refractivity contribution in [3.8, 4) is 10.9 Å². The maximum Gasteiger partial charge on any atom is 0.298 e. The van der Waals surface area contributed by atoms with Gasteiger partial charge >= 0.3 is 0 Å². The molecule has 5 nitrogen and oxygen atoms in total. The molecule has 1 aromatic heterocycles. The van der Waals surface area contributed by atoms with Crippen molar-refractivity contribution in [3.05, 3.63) is 29.1 Å². The van der Waals surface area contributed by atoms with Crippen LogP contribution in [-0.2, 0) is 0 Å². The molecule has 1 aromatic carbocycles. The second kappa shape index (κ2) is 6.16. The van der Waals surface area contributed by atoms with Gasteiger partial charge in [0.2, 0.25) is 0 Å². The Morgan fingerprint density at radius 2 is 2.08 bits per heavy atom. The van der Waals surface area contributed by atoms with E-state index in [1.807, 2.05) is 19.3 Å². The Bertz CT molecular complexity index is 781. The van der Waals surface area contributed by atoms with Gasteiger partial charge in [0.1, 0.15) is 11.6 Å². The summed E-state index contributed by atoms with van der Waals surface area (Å²) in [5, 5.41) is 0.628. The van der Waals surface area contributed by atoms with Gasteiger partial charge < -0.3 is 9.64 Å². The van der Waals surface area contributed by atoms with Gasteiger partial charge in [-0.1, -0.05) is 6.92 Å². The second-order valence-electron chi connectivity index (χ2n) is 6.88. The van der Waals surface area contributed by atoms with Crippen LogP contribution < -0.4 is 4.74 Å². The molecule has 2 heterocycles. The summed E-state index contributed by atoms with van der Waals surface area (Å²) in [7, 11) is 0. The molecule has 2 aliphatic rings. The van der Waals surface area contributed by atoms with Crippen LogP contribution in [0.15, 0.2) is 17.1 Å². The summed E-state index contributed by atoms with van der Waals surface area (Å²) in [6.45, 7) is 8.57. The number of hydrogen-bond acceptors (Lipinski definition) is 5. The van der Waals surface area contributed by atoms with E-state index < -0.39 is 0 Å². The smallest absolute Gasteiger partial charge is 0.298 e. The molecule has 2 fully saturated rings. The third-order valence-corrected chi connectivity index (χ3v) is 5.41. The standard InChI is InChI=1S/C18H22N4OS/c1-11-7-14(11)17-20-18(24-21-17)23-16-9-12(2)15(8-13(16)3)19-10-22-5-4-6-22/h8-11,14H,4-7H2,1-3H3/b19-10+. The van der Waals surface area contributed by atoms with E-state index in [0.717, 1.165) is 41.5 Å². The van der Waals surface area contributed by atoms with Crippen LogP contribution in [0.3, 0.4) is 0 Å². The monoisotopic (exact) mass is 342 g/mol. The summed E-state index contributed by atoms with van der Waals surface area (Å²) in [5.41, 5.74) is 3.16. The van der Waals surface area contributed by atoms with E-state index in [4.69, 9.17) is 4.74 Å². The summed E-state index contributed by atoms with van der Waals surface area (Å²) < 4.78 is 10.4. The molecule has 24 heavy (non-hydrogen) atoms. The lowest BCUT2D eigenvalue weighted by molar-refractivity contribution is 0.310. The molecule has 2 atom stereocenters. The van der Waals surface area contributed by atoms with Gasteiger partial charge in [-0.15, -0.1) is 0 Å². The van der Waals surface area contributed by atoms with Crippen molar-refractivity contribution in [2.45, 2.75) is 39.5 Å². The van der Waals surface area contributed by atoms with Gasteiger partial charge in [-0.05, 0) is 55.9 Å². The zero-order valence-corrected chi connectivity index (χ0v) is 15.1. The molecule has 0 N–H and O–H groups in total. The highest BCUT2D eigenvalue weighted by atomic mass is 32.1. The Balaban J connectivity index is 1.49. The van der Waals surface area contributed by atoms with Crippen molar-refractivity contribution in [1.82, 2.24) is 14.3 Å². The number of benzene rings is 1. The van der Waals surface area contributed by atoms with E-state index in [9.17, 15) is 0 Å². The Morgan fingerprint density at radius 1 is 1.29 bits per heavy atom. The molecule has 2 unspecified atom stereocenters. The molecule has 1 saturated carbocycles. The fourth-order valence-electron chi connectivity index (χ4n) is 2.81. The van der Waals surface area contributed by atoms with E-state index in [-0.39, 0.29) is 0 Å². The largest absolute Gasteiger partial charge is 0.430 e. The van der Waals surface area contributed by atoms with Crippen LogP contribution in [0.25, 0.3) is 0 Å². The van der Waals surface area contributed by atoms with E-state index in [0.29, 0.717) is 17.0 Å². The topological polar surface area (TPSA) is 50.6 Å². The van der Waals surface area contributed by atoms with Gasteiger partial charge in [0.25, 0.3) is 5.19 Å². The number of aromatic nitrogens is 2. The first-order valence-electron chi connectivity index (χ1n) is 8.51. The fourth-order valence-corrected chi connectivity index (χ4v) is 3.42. The van der Waals surface area contributed by atoms with Crippen molar-refractivity contribution < 1.29 is 4.74 Å². The number of aliphatic imine (C=N–C) groups is 1. The van der Waals surface area contributed by atoms with E-state index in [1.165, 1.54) is 24.4 Å². The van der Waals surface area contributed by atoms with Crippen molar-refractivity contribution in [3.63, 3.8) is 0 Å². The predicted molar refractivity (Wildman–Crippen MR) is 96.8 cm³/mol. The Hall–Kier alpha value is -1.95. The second-order valence-corrected chi connectivity index (χ2v) is 7.59. The minimum absolute atomic E-state index is 0.527. The highest BCUT2D eigenvalue weighted by Gasteiger charge is 2.37. The third-order valence-electron chi connectivity index (χ3n) is 4.81. The molecule has 6 heteroatoms. The van der Waals surface area contributed by atoms with Crippen LogP contribution >= 0.6 is 11.5 Å². The fraction of sp³-hybridized carbons (Fsp3) is 0.500. The normalized spacial score (nSPS) is 22.7. The number of rotatable bonds is 5. The molecule has 0 radical (unpaired) electrons. The summed E-state index contributed by atoms with van der Waals surface area (Å²) >= 11 is 1.34. The lowest BCUT2D eigenvalue weighted by Gasteiger charge is -2.28. The van der Waals surface area contributed by atoms with Gasteiger partial charge in [-0.25, -0.2) is 4.99 Å². The maximum absolute atomic E-state index is 5.98. The summed E-state index contributed by atoms with van der Waals surface area (Å²) in [6.07, 6.45) is 4.40. The molecule has 1 aliphatic carbocycles. The predicted octanol–water partition coefficient (Wildman–Crippen LogP) is 4.44. The minimum Gasteiger partial charge on any atom is -0.430 e. The highest BCUT2D eigenvalue weighted by Crippen LogP contribution is 2.46. The van der Waals surface area contributed by atoms with Gasteiger partial charge in [-0.2, -0.15) is 9.36 Å². The first kappa shape index (κ1) is 15.6. The van der Waals surface area contributed by atoms with Crippen molar-refractivity contribution in [1.29, 1.82) is 0 Å². The van der Waals surface area contributed by atoms with E-state index in [1.54, 1.807) is 0 Å². The van der Waals surface area contributed by atoms with Crippen LogP contribution in [-0.4, -0.2) is 33.7 Å². The SMILES string of the molecule is Cc1cc(Oc2nc(C3CC3C)ns2)c(C)cc1/N=C/N1CCC1. The van der Waals surface area contributed by atoms with Crippen molar-refractivity contribution in [2.75, 3.05) is 13.1 Å². The number of aryl methyl sites for hydroxylation is 2. The maximum atomic E-state index is 5.98. The summed E-state index contributed by atoms with van der Waals surface area (Å²) in [5.74, 6) is 3.01. The molecule has 0 spiro atoms. The lowest BCUT2D eigenvalue weighted by Crippen LogP contribution is -2.35. The molecule has 0 bridgehead atoms. The quantitative estimate of drug-likeness (QED) is 0.595. The van der Waals surface area contributed by atoms with Gasteiger partial charge in [0.15, 0.2) is 0 Å². The number of nitrogens with zero attached hydrogens (tertiary/aromatic N) is 4. The average molecular weight is 342 g/mol. The van der Waals surface area contributed by atoms with Crippen LogP contribution in [0.4, 0.5) is 5.69 Å². The van der Waals surface area contributed by atoms with Crippen LogP contribution in [0, 0.1) is 19.8 Å². The third kappa shape index (κ3) is 3.15. The zero-order chi connectivity index (χ0) is 16.7. The molecular formula is C18H22N4OS. The average Bonchev–Trinajstić information content (AvgIpc) is 3.05. The lowest BCUT2D eigenvalue weighted by atomic mass is 10.1. The summed E-state index contributed by atoms with van der Waals surface area (Å²) in [4.78, 5) is 11.4. The number of likely N-dealkylation sites (tertiary alicyclic amines) is 1. The van der Waals surface area contributed by atoms with Crippen molar-refractivity contribution in [2.24, 2.45) is 10.9 Å². The first-order chi connectivity index (χ1) is 11.6. The van der Waals surface area contributed by atoms with Crippen LogP contribution in [0.5, 0.6) is 10.9 Å². The van der Waals surface area contributed by atoms with Crippen LogP contribution in [0.2, 0.25) is 0 Å². The molecule has 0 amide bonds. The van der Waals surface area contributed by atoms with Crippen molar-refractivity contribution >= 4 is 23.6 Å². The minimum atomic E-state index is 0.527. The number of hydrogen-bond donors (Lipinski definition) is 0. The first-order valence-corrected chi connectivity index (χ1v) is 9.28. The van der Waals surface area contributed by atoms with Crippen LogP contribution in [0.1, 0.15) is 42.6 Å². The van der Waals surface area contributed by atoms with Gasteiger partial charge in [-0.3, -0.25) is 0 Å². The Morgan fingerprint density at radius 3 is 2.75 bits per heavy atom. The molecule has 1 saturated heterocycles. The number of ether oxygens (including phenoxy) is 1. The molecular weight excluding hydrogens is 320 g/mol. The summed E-state index contributed by atoms with van der Waals surface area (Å²) in [6, 6.07) is 4.12. The highest BCUT2D eigenvalue weighted by molar-refractivity contribution is 7.07. The zero-order valence-electron chi connectivity index (χ0n) is 14.3.